The van der Waals surface area contributed by atoms with Gasteiger partial charge in [-0.15, -0.1) is 0 Å². The Balaban J connectivity index is 2.26. The van der Waals surface area contributed by atoms with Crippen LogP contribution in [0.1, 0.15) is 46.7 Å². The van der Waals surface area contributed by atoms with Crippen LogP contribution in [0.25, 0.3) is 22.4 Å². The van der Waals surface area contributed by atoms with Crippen LogP contribution in [0.3, 0.4) is 0 Å². The third-order valence-corrected chi connectivity index (χ3v) is 6.32. The number of benzene rings is 1. The first-order valence-electron chi connectivity index (χ1n) is 10.5. The van der Waals surface area contributed by atoms with E-state index in [0.29, 0.717) is 41.9 Å². The Labute approximate surface area is 181 Å². The lowest BCUT2D eigenvalue weighted by Crippen LogP contribution is -2.30. The molecule has 0 saturated heterocycles. The average Bonchev–Trinajstić information content (AvgIpc) is 3.06. The number of hydrogen-bond donors (Lipinski definition) is 2. The van der Waals surface area contributed by atoms with Gasteiger partial charge >= 0.3 is 0 Å². The molecule has 2 aromatic heterocycles. The fourth-order valence-electron chi connectivity index (χ4n) is 3.43. The lowest BCUT2D eigenvalue weighted by atomic mass is 10.1. The quantitative estimate of drug-likeness (QED) is 0.521. The van der Waals surface area contributed by atoms with Gasteiger partial charge in [0.15, 0.2) is 5.52 Å². The highest BCUT2D eigenvalue weighted by atomic mass is 32.2. The lowest BCUT2D eigenvalue weighted by molar-refractivity contribution is 0.341. The van der Waals surface area contributed by atoms with E-state index in [1.807, 2.05) is 20.8 Å². The molecular weight excluding hydrogens is 418 g/mol. The van der Waals surface area contributed by atoms with Crippen molar-refractivity contribution < 1.29 is 13.2 Å². The first-order chi connectivity index (χ1) is 14.7. The van der Waals surface area contributed by atoms with Crippen LogP contribution < -0.4 is 15.0 Å². The SMILES string of the molecule is CCCc1nn(CC)c2c(=O)[nH]c(-c3cc(S(=O)(=O)NC(C)C)ccc3OCC)nc12. The number of aryl methyl sites for hydroxylation is 2. The van der Waals surface area contributed by atoms with Gasteiger partial charge in [0.2, 0.25) is 10.0 Å². The second-order valence-electron chi connectivity index (χ2n) is 7.49. The Hall–Kier alpha value is -2.72. The maximum atomic E-state index is 12.9. The molecule has 10 heteroatoms. The Morgan fingerprint density at radius 1 is 1.23 bits per heavy atom. The van der Waals surface area contributed by atoms with Crippen LogP contribution in [0, 0.1) is 0 Å². The van der Waals surface area contributed by atoms with Gasteiger partial charge in [-0.3, -0.25) is 9.48 Å². The van der Waals surface area contributed by atoms with Crippen molar-refractivity contribution in [3.63, 3.8) is 0 Å². The van der Waals surface area contributed by atoms with E-state index in [9.17, 15) is 13.2 Å². The number of nitrogens with one attached hydrogen (secondary N) is 2. The number of nitrogens with zero attached hydrogens (tertiary/aromatic N) is 3. The molecule has 2 N–H and O–H groups in total. The van der Waals surface area contributed by atoms with Crippen LogP contribution in [0.4, 0.5) is 0 Å². The van der Waals surface area contributed by atoms with E-state index in [2.05, 4.69) is 19.8 Å². The van der Waals surface area contributed by atoms with Crippen molar-refractivity contribution in [2.45, 2.75) is 64.9 Å². The second kappa shape index (κ2) is 9.19. The molecule has 0 fully saturated rings. The minimum Gasteiger partial charge on any atom is -0.493 e. The summed E-state index contributed by atoms with van der Waals surface area (Å²) < 4.78 is 35.3. The van der Waals surface area contributed by atoms with E-state index >= 15 is 0 Å². The largest absolute Gasteiger partial charge is 0.493 e. The first kappa shape index (κ1) is 23.0. The molecular formula is C21H29N5O4S. The van der Waals surface area contributed by atoms with Gasteiger partial charge in [0, 0.05) is 12.6 Å². The molecule has 0 spiro atoms. The van der Waals surface area contributed by atoms with Crippen LogP contribution in [0.2, 0.25) is 0 Å². The van der Waals surface area contributed by atoms with E-state index in [-0.39, 0.29) is 22.3 Å². The molecule has 0 saturated carbocycles. The van der Waals surface area contributed by atoms with E-state index in [0.717, 1.165) is 12.1 Å². The zero-order chi connectivity index (χ0) is 22.8. The molecule has 168 valence electrons. The van der Waals surface area contributed by atoms with Gasteiger partial charge < -0.3 is 9.72 Å². The molecule has 1 aromatic carbocycles. The fraction of sp³-hybridized carbons (Fsp3) is 0.476. The zero-order valence-corrected chi connectivity index (χ0v) is 19.3. The lowest BCUT2D eigenvalue weighted by Gasteiger charge is -2.14. The molecule has 0 aliphatic carbocycles. The van der Waals surface area contributed by atoms with Gasteiger partial charge in [0.1, 0.15) is 17.1 Å². The molecule has 2 heterocycles. The molecule has 0 unspecified atom stereocenters. The number of aromatic nitrogens is 4. The van der Waals surface area contributed by atoms with Gasteiger partial charge in [-0.1, -0.05) is 13.3 Å². The normalized spacial score (nSPS) is 12.1. The number of hydrogen-bond acceptors (Lipinski definition) is 6. The minimum absolute atomic E-state index is 0.0698. The van der Waals surface area contributed by atoms with Crippen molar-refractivity contribution in [2.75, 3.05) is 6.61 Å². The van der Waals surface area contributed by atoms with Crippen molar-refractivity contribution >= 4 is 21.1 Å². The van der Waals surface area contributed by atoms with E-state index < -0.39 is 10.0 Å². The Morgan fingerprint density at radius 2 is 1.97 bits per heavy atom. The molecule has 3 aromatic rings. The van der Waals surface area contributed by atoms with Gasteiger partial charge in [-0.2, -0.15) is 5.10 Å². The number of rotatable bonds is 9. The summed E-state index contributed by atoms with van der Waals surface area (Å²) in [7, 11) is -3.73. The number of H-pyrrole nitrogens is 1. The van der Waals surface area contributed by atoms with Gasteiger partial charge in [-0.05, 0) is 52.3 Å². The summed E-state index contributed by atoms with van der Waals surface area (Å²) >= 11 is 0. The van der Waals surface area contributed by atoms with Crippen molar-refractivity contribution in [3.05, 3.63) is 34.2 Å². The topological polar surface area (TPSA) is 119 Å². The smallest absolute Gasteiger partial charge is 0.277 e. The van der Waals surface area contributed by atoms with Crippen molar-refractivity contribution in [1.29, 1.82) is 0 Å². The van der Waals surface area contributed by atoms with Crippen molar-refractivity contribution in [1.82, 2.24) is 24.5 Å². The highest BCUT2D eigenvalue weighted by Gasteiger charge is 2.21. The predicted octanol–water partition coefficient (Wildman–Crippen LogP) is 2.84. The average molecular weight is 448 g/mol. The van der Waals surface area contributed by atoms with E-state index in [1.165, 1.54) is 12.1 Å². The summed E-state index contributed by atoms with van der Waals surface area (Å²) in [5.41, 5.74) is 1.76. The number of ether oxygens (including phenoxy) is 1. The molecule has 31 heavy (non-hydrogen) atoms. The Bertz CT molecular complexity index is 1240. The second-order valence-corrected chi connectivity index (χ2v) is 9.21. The van der Waals surface area contributed by atoms with Crippen LogP contribution in [-0.4, -0.2) is 40.8 Å². The van der Waals surface area contributed by atoms with Crippen LogP contribution in [0.5, 0.6) is 5.75 Å². The first-order valence-corrected chi connectivity index (χ1v) is 12.0. The molecule has 0 radical (unpaired) electrons. The third kappa shape index (κ3) is 4.64. The van der Waals surface area contributed by atoms with Crippen LogP contribution in [0.15, 0.2) is 27.9 Å². The highest BCUT2D eigenvalue weighted by Crippen LogP contribution is 2.31. The van der Waals surface area contributed by atoms with Crippen LogP contribution >= 0.6 is 0 Å². The standard InChI is InChI=1S/C21H29N5O4S/c1-6-9-16-18-19(26(7-2)24-16)21(27)23-20(22-18)15-12-14(10-11-17(15)30-8-3)31(28,29)25-13(4)5/h10-13,25H,6-9H2,1-5H3,(H,22,23,27). The summed E-state index contributed by atoms with van der Waals surface area (Å²) in [5, 5.41) is 4.54. The monoisotopic (exact) mass is 447 g/mol. The van der Waals surface area contributed by atoms with Crippen LogP contribution in [-0.2, 0) is 23.0 Å². The molecule has 0 bridgehead atoms. The number of aromatic amines is 1. The molecule has 0 aliphatic rings. The summed E-state index contributed by atoms with van der Waals surface area (Å²) in [6.07, 6.45) is 1.54. The maximum Gasteiger partial charge on any atom is 0.277 e. The number of sulfonamides is 1. The summed E-state index contributed by atoms with van der Waals surface area (Å²) in [6.45, 7) is 10.2. The Kier molecular flexibility index (Phi) is 6.80. The molecule has 3 rings (SSSR count). The van der Waals surface area contributed by atoms with Gasteiger partial charge in [0.25, 0.3) is 5.56 Å². The predicted molar refractivity (Wildman–Crippen MR) is 120 cm³/mol. The van der Waals surface area contributed by atoms with Gasteiger partial charge in [-0.25, -0.2) is 18.1 Å². The van der Waals surface area contributed by atoms with Crippen molar-refractivity contribution in [3.8, 4) is 17.1 Å². The highest BCUT2D eigenvalue weighted by molar-refractivity contribution is 7.89. The fourth-order valence-corrected chi connectivity index (χ4v) is 4.71. The van der Waals surface area contributed by atoms with Gasteiger partial charge in [0.05, 0.1) is 22.8 Å². The molecule has 9 nitrogen and oxygen atoms in total. The summed E-state index contributed by atoms with van der Waals surface area (Å²) in [4.78, 5) is 20.5. The third-order valence-electron chi connectivity index (χ3n) is 4.66. The zero-order valence-electron chi connectivity index (χ0n) is 18.5. The number of fused-ring (bicyclic) bond motifs is 1. The van der Waals surface area contributed by atoms with E-state index in [1.54, 1.807) is 24.6 Å². The van der Waals surface area contributed by atoms with Crippen molar-refractivity contribution in [2.24, 2.45) is 0 Å². The molecule has 0 aliphatic heterocycles. The van der Waals surface area contributed by atoms with E-state index in [4.69, 9.17) is 4.74 Å². The Morgan fingerprint density at radius 3 is 2.58 bits per heavy atom. The summed E-state index contributed by atoms with van der Waals surface area (Å²) in [5.74, 6) is 0.684. The molecule has 0 amide bonds. The summed E-state index contributed by atoms with van der Waals surface area (Å²) in [6, 6.07) is 4.28. The maximum absolute atomic E-state index is 12.9. The minimum atomic E-state index is -3.73. The molecule has 0 atom stereocenters.